The Bertz CT molecular complexity index is 432. The fourth-order valence-corrected chi connectivity index (χ4v) is 2.54. The van der Waals surface area contributed by atoms with Crippen LogP contribution in [-0.2, 0) is 10.2 Å². The highest BCUT2D eigenvalue weighted by molar-refractivity contribution is 5.87. The Hall–Kier alpha value is -1.55. The molecule has 0 saturated heterocycles. The first-order valence-electron chi connectivity index (χ1n) is 5.68. The largest absolute Gasteiger partial charge is 0.496 e. The number of para-hydroxylation sites is 1. The van der Waals surface area contributed by atoms with Gasteiger partial charge in [-0.2, -0.15) is 0 Å². The Balaban J connectivity index is 2.39. The molecule has 0 aliphatic heterocycles. The molecule has 2 N–H and O–H groups in total. The van der Waals surface area contributed by atoms with Gasteiger partial charge in [-0.25, -0.2) is 0 Å². The van der Waals surface area contributed by atoms with Crippen molar-refractivity contribution in [2.45, 2.75) is 11.8 Å². The van der Waals surface area contributed by atoms with Crippen molar-refractivity contribution < 1.29 is 14.6 Å². The smallest absolute Gasteiger partial charge is 0.314 e. The lowest BCUT2D eigenvalue weighted by molar-refractivity contribution is -0.140. The predicted molar refractivity (Wildman–Crippen MR) is 64.3 cm³/mol. The zero-order valence-electron chi connectivity index (χ0n) is 10.1. The van der Waals surface area contributed by atoms with Gasteiger partial charge in [-0.05, 0) is 32.0 Å². The van der Waals surface area contributed by atoms with E-state index < -0.39 is 11.4 Å². The first-order chi connectivity index (χ1) is 8.16. The topological polar surface area (TPSA) is 58.6 Å². The van der Waals surface area contributed by atoms with E-state index in [1.807, 2.05) is 31.3 Å². The van der Waals surface area contributed by atoms with Gasteiger partial charge in [-0.15, -0.1) is 0 Å². The van der Waals surface area contributed by atoms with E-state index in [0.29, 0.717) is 18.7 Å². The Morgan fingerprint density at radius 2 is 2.29 bits per heavy atom. The lowest BCUT2D eigenvalue weighted by atomic mass is 9.92. The molecular formula is C13H17NO3. The number of carboxylic acid groups (broad SMARTS) is 1. The minimum Gasteiger partial charge on any atom is -0.496 e. The zero-order chi connectivity index (χ0) is 12.5. The number of carbonyl (C=O) groups is 1. The van der Waals surface area contributed by atoms with Gasteiger partial charge in [-0.3, -0.25) is 4.79 Å². The number of ether oxygens (including phenoxy) is 1. The molecular weight excluding hydrogens is 218 g/mol. The van der Waals surface area contributed by atoms with Crippen molar-refractivity contribution in [2.75, 3.05) is 20.7 Å². The molecule has 0 heterocycles. The summed E-state index contributed by atoms with van der Waals surface area (Å²) in [6, 6.07) is 7.38. The molecule has 1 aliphatic rings. The number of rotatable bonds is 5. The van der Waals surface area contributed by atoms with E-state index in [0.717, 1.165) is 5.56 Å². The third-order valence-corrected chi connectivity index (χ3v) is 3.52. The van der Waals surface area contributed by atoms with Crippen LogP contribution in [0, 0.1) is 5.92 Å². The van der Waals surface area contributed by atoms with Crippen LogP contribution in [0.1, 0.15) is 12.0 Å². The number of carboxylic acids is 1. The summed E-state index contributed by atoms with van der Waals surface area (Å²) >= 11 is 0. The summed E-state index contributed by atoms with van der Waals surface area (Å²) in [7, 11) is 3.41. The van der Waals surface area contributed by atoms with Crippen LogP contribution in [0.5, 0.6) is 5.75 Å². The van der Waals surface area contributed by atoms with Gasteiger partial charge in [0.2, 0.25) is 0 Å². The van der Waals surface area contributed by atoms with Gasteiger partial charge in [0, 0.05) is 5.56 Å². The lowest BCUT2D eigenvalue weighted by Crippen LogP contribution is -2.26. The summed E-state index contributed by atoms with van der Waals surface area (Å²) in [6.45, 7) is 0.713. The molecule has 2 unspecified atom stereocenters. The molecule has 1 fully saturated rings. The van der Waals surface area contributed by atoms with E-state index in [1.165, 1.54) is 0 Å². The highest BCUT2D eigenvalue weighted by atomic mass is 16.5. The molecule has 1 saturated carbocycles. The van der Waals surface area contributed by atoms with Crippen LogP contribution < -0.4 is 10.1 Å². The van der Waals surface area contributed by atoms with Crippen molar-refractivity contribution >= 4 is 5.97 Å². The number of methoxy groups -OCH3 is 1. The summed E-state index contributed by atoms with van der Waals surface area (Å²) in [5.74, 6) is 0.0389. The monoisotopic (exact) mass is 235 g/mol. The van der Waals surface area contributed by atoms with Crippen molar-refractivity contribution in [2.24, 2.45) is 5.92 Å². The Labute approximate surface area is 101 Å². The molecule has 4 nitrogen and oxygen atoms in total. The molecule has 17 heavy (non-hydrogen) atoms. The summed E-state index contributed by atoms with van der Waals surface area (Å²) < 4.78 is 5.26. The molecule has 2 rings (SSSR count). The highest BCUT2D eigenvalue weighted by Crippen LogP contribution is 2.56. The van der Waals surface area contributed by atoms with Crippen molar-refractivity contribution in [3.05, 3.63) is 29.8 Å². The summed E-state index contributed by atoms with van der Waals surface area (Å²) in [6.07, 6.45) is 0.670. The number of aliphatic carboxylic acids is 1. The minimum atomic E-state index is -0.768. The van der Waals surface area contributed by atoms with Gasteiger partial charge in [-0.1, -0.05) is 18.2 Å². The average Bonchev–Trinajstić information content (AvgIpc) is 3.05. The summed E-state index contributed by atoms with van der Waals surface area (Å²) in [5.41, 5.74) is 0.0190. The van der Waals surface area contributed by atoms with Gasteiger partial charge in [0.25, 0.3) is 0 Å². The van der Waals surface area contributed by atoms with E-state index in [2.05, 4.69) is 5.32 Å². The Morgan fingerprint density at radius 3 is 2.88 bits per heavy atom. The normalized spacial score (nSPS) is 26.6. The van der Waals surface area contributed by atoms with E-state index in [1.54, 1.807) is 7.11 Å². The van der Waals surface area contributed by atoms with Crippen LogP contribution >= 0.6 is 0 Å². The molecule has 0 aromatic heterocycles. The molecule has 1 aromatic rings. The van der Waals surface area contributed by atoms with Crippen molar-refractivity contribution in [3.63, 3.8) is 0 Å². The second-order valence-electron chi connectivity index (χ2n) is 4.44. The zero-order valence-corrected chi connectivity index (χ0v) is 10.1. The number of nitrogens with one attached hydrogen (secondary N) is 1. The lowest BCUT2D eigenvalue weighted by Gasteiger charge is -2.16. The molecule has 0 amide bonds. The van der Waals surface area contributed by atoms with E-state index in [4.69, 9.17) is 4.74 Å². The minimum absolute atomic E-state index is 0.140. The van der Waals surface area contributed by atoms with Gasteiger partial charge in [0.15, 0.2) is 0 Å². The Kier molecular flexibility index (Phi) is 3.07. The van der Waals surface area contributed by atoms with Crippen LogP contribution in [0.4, 0.5) is 0 Å². The average molecular weight is 235 g/mol. The maximum absolute atomic E-state index is 11.6. The van der Waals surface area contributed by atoms with Crippen LogP contribution in [0.25, 0.3) is 0 Å². The molecule has 0 bridgehead atoms. The third kappa shape index (κ3) is 1.78. The highest BCUT2D eigenvalue weighted by Gasteiger charge is 2.62. The van der Waals surface area contributed by atoms with E-state index >= 15 is 0 Å². The molecule has 1 aliphatic carbocycles. The van der Waals surface area contributed by atoms with Gasteiger partial charge >= 0.3 is 5.97 Å². The third-order valence-electron chi connectivity index (χ3n) is 3.52. The predicted octanol–water partition coefficient (Wildman–Crippen LogP) is 1.26. The maximum Gasteiger partial charge on any atom is 0.314 e. The first-order valence-corrected chi connectivity index (χ1v) is 5.68. The quantitative estimate of drug-likeness (QED) is 0.806. The van der Waals surface area contributed by atoms with Crippen LogP contribution in [-0.4, -0.2) is 31.8 Å². The van der Waals surface area contributed by atoms with Crippen molar-refractivity contribution in [1.29, 1.82) is 0 Å². The first kappa shape index (κ1) is 11.9. The van der Waals surface area contributed by atoms with Crippen LogP contribution in [0.3, 0.4) is 0 Å². The van der Waals surface area contributed by atoms with Gasteiger partial charge in [0.1, 0.15) is 11.2 Å². The van der Waals surface area contributed by atoms with Crippen LogP contribution in [0.2, 0.25) is 0 Å². The summed E-state index contributed by atoms with van der Waals surface area (Å²) in [5, 5.41) is 12.5. The van der Waals surface area contributed by atoms with E-state index in [-0.39, 0.29) is 5.92 Å². The van der Waals surface area contributed by atoms with Gasteiger partial charge in [0.05, 0.1) is 7.11 Å². The molecule has 92 valence electrons. The number of hydrogen-bond acceptors (Lipinski definition) is 3. The SMILES string of the molecule is CNCC1CC1(C(=O)O)c1ccccc1OC. The van der Waals surface area contributed by atoms with Crippen molar-refractivity contribution in [3.8, 4) is 5.75 Å². The summed E-state index contributed by atoms with van der Waals surface area (Å²) in [4.78, 5) is 11.6. The fraction of sp³-hybridized carbons (Fsp3) is 0.462. The Morgan fingerprint density at radius 1 is 1.59 bits per heavy atom. The van der Waals surface area contributed by atoms with Crippen LogP contribution in [0.15, 0.2) is 24.3 Å². The second-order valence-corrected chi connectivity index (χ2v) is 4.44. The molecule has 1 aromatic carbocycles. The second kappa shape index (κ2) is 4.37. The number of benzene rings is 1. The van der Waals surface area contributed by atoms with Gasteiger partial charge < -0.3 is 15.2 Å². The molecule has 0 spiro atoms. The standard InChI is InChI=1S/C13H17NO3/c1-14-8-9-7-13(9,12(15)16)10-5-3-4-6-11(10)17-2/h3-6,9,14H,7-8H2,1-2H3,(H,15,16). The van der Waals surface area contributed by atoms with E-state index in [9.17, 15) is 9.90 Å². The maximum atomic E-state index is 11.6. The molecule has 2 atom stereocenters. The van der Waals surface area contributed by atoms with Crippen molar-refractivity contribution in [1.82, 2.24) is 5.32 Å². The molecule has 0 radical (unpaired) electrons. The molecule has 4 heteroatoms. The number of hydrogen-bond donors (Lipinski definition) is 2. The fourth-order valence-electron chi connectivity index (χ4n) is 2.54.